The molecular weight excluding hydrogens is 396 g/mol. The Hall–Kier alpha value is -1.23. The Morgan fingerprint density at radius 2 is 1.66 bits per heavy atom. The van der Waals surface area contributed by atoms with Crippen molar-refractivity contribution < 1.29 is 9.47 Å². The van der Waals surface area contributed by atoms with Crippen LogP contribution in [0.5, 0.6) is 0 Å². The molecule has 1 heterocycles. The first-order valence-corrected chi connectivity index (χ1v) is 12.9. The van der Waals surface area contributed by atoms with E-state index in [0.717, 1.165) is 83.9 Å². The van der Waals surface area contributed by atoms with Gasteiger partial charge in [0.15, 0.2) is 0 Å². The SMILES string of the molecule is C=C(C1=C(N=C(C)C(C)CC)C=C(CN2CCOCC2)C1)C(C)CC.CCCOCCC. The summed E-state index contributed by atoms with van der Waals surface area (Å²) in [5, 5.41) is 0. The number of nitrogens with zero attached hydrogens (tertiary/aromatic N) is 2. The summed E-state index contributed by atoms with van der Waals surface area (Å²) >= 11 is 0. The van der Waals surface area contributed by atoms with Crippen LogP contribution < -0.4 is 0 Å². The van der Waals surface area contributed by atoms with Gasteiger partial charge in [-0.1, -0.05) is 48.1 Å². The maximum atomic E-state index is 5.47. The van der Waals surface area contributed by atoms with Crippen LogP contribution in [0.25, 0.3) is 0 Å². The molecule has 1 aliphatic heterocycles. The van der Waals surface area contributed by atoms with Crippen molar-refractivity contribution in [2.75, 3.05) is 46.1 Å². The highest BCUT2D eigenvalue weighted by atomic mass is 16.5. The second-order valence-corrected chi connectivity index (χ2v) is 9.24. The monoisotopic (exact) mass is 446 g/mol. The average molecular weight is 447 g/mol. The predicted octanol–water partition coefficient (Wildman–Crippen LogP) is 6.84. The quantitative estimate of drug-likeness (QED) is 0.243. The van der Waals surface area contributed by atoms with E-state index in [1.54, 1.807) is 0 Å². The molecule has 0 aromatic heterocycles. The van der Waals surface area contributed by atoms with E-state index in [1.165, 1.54) is 22.4 Å². The smallest absolute Gasteiger partial charge is 0.0667 e. The van der Waals surface area contributed by atoms with Gasteiger partial charge in [0, 0.05) is 38.6 Å². The number of morpholine rings is 1. The second-order valence-electron chi connectivity index (χ2n) is 9.24. The van der Waals surface area contributed by atoms with Gasteiger partial charge in [0.2, 0.25) is 0 Å². The summed E-state index contributed by atoms with van der Waals surface area (Å²) in [4.78, 5) is 7.52. The largest absolute Gasteiger partial charge is 0.381 e. The van der Waals surface area contributed by atoms with Crippen LogP contribution in [-0.2, 0) is 9.47 Å². The number of hydrogen-bond acceptors (Lipinski definition) is 4. The third-order valence-corrected chi connectivity index (χ3v) is 6.50. The second kappa shape index (κ2) is 16.4. The Kier molecular flexibility index (Phi) is 14.8. The first-order valence-electron chi connectivity index (χ1n) is 12.9. The normalized spacial score (nSPS) is 19.3. The van der Waals surface area contributed by atoms with Gasteiger partial charge in [0.25, 0.3) is 0 Å². The predicted molar refractivity (Wildman–Crippen MR) is 140 cm³/mol. The summed E-state index contributed by atoms with van der Waals surface area (Å²) in [7, 11) is 0. The fraction of sp³-hybridized carbons (Fsp3) is 0.750. The lowest BCUT2D eigenvalue weighted by Gasteiger charge is -2.27. The Labute approximate surface area is 198 Å². The van der Waals surface area contributed by atoms with E-state index in [0.29, 0.717) is 11.8 Å². The zero-order valence-corrected chi connectivity index (χ0v) is 22.1. The molecule has 0 spiro atoms. The Morgan fingerprint density at radius 1 is 1.06 bits per heavy atom. The Morgan fingerprint density at radius 3 is 2.19 bits per heavy atom. The third-order valence-electron chi connectivity index (χ3n) is 6.50. The average Bonchev–Trinajstić information content (AvgIpc) is 3.20. The van der Waals surface area contributed by atoms with Crippen molar-refractivity contribution in [1.29, 1.82) is 0 Å². The highest BCUT2D eigenvalue weighted by Gasteiger charge is 2.23. The van der Waals surface area contributed by atoms with E-state index in [-0.39, 0.29) is 0 Å². The summed E-state index contributed by atoms with van der Waals surface area (Å²) in [6, 6.07) is 0. The van der Waals surface area contributed by atoms with Crippen LogP contribution >= 0.6 is 0 Å². The van der Waals surface area contributed by atoms with Gasteiger partial charge in [-0.3, -0.25) is 9.89 Å². The summed E-state index contributed by atoms with van der Waals surface area (Å²) < 4.78 is 10.6. The highest BCUT2D eigenvalue weighted by molar-refractivity contribution is 5.85. The van der Waals surface area contributed by atoms with Crippen LogP contribution in [0.3, 0.4) is 0 Å². The van der Waals surface area contributed by atoms with Gasteiger partial charge in [-0.15, -0.1) is 0 Å². The van der Waals surface area contributed by atoms with E-state index in [9.17, 15) is 0 Å². The summed E-state index contributed by atoms with van der Waals surface area (Å²) in [6.07, 6.45) is 7.87. The molecule has 0 amide bonds. The van der Waals surface area contributed by atoms with E-state index in [2.05, 4.69) is 66.0 Å². The number of rotatable bonds is 12. The van der Waals surface area contributed by atoms with Gasteiger partial charge in [-0.2, -0.15) is 0 Å². The van der Waals surface area contributed by atoms with Gasteiger partial charge in [-0.05, 0) is 73.7 Å². The minimum absolute atomic E-state index is 0.514. The Balaban J connectivity index is 0.000000633. The van der Waals surface area contributed by atoms with E-state index < -0.39 is 0 Å². The fourth-order valence-electron chi connectivity index (χ4n) is 3.71. The van der Waals surface area contributed by atoms with Crippen molar-refractivity contribution in [3.8, 4) is 0 Å². The zero-order valence-electron chi connectivity index (χ0n) is 22.1. The molecule has 0 aromatic rings. The molecule has 184 valence electrons. The number of hydrogen-bond donors (Lipinski definition) is 0. The van der Waals surface area contributed by atoms with Crippen molar-refractivity contribution in [2.24, 2.45) is 16.8 Å². The molecule has 0 bridgehead atoms. The Bertz CT molecular complexity index is 638. The van der Waals surface area contributed by atoms with Gasteiger partial charge < -0.3 is 9.47 Å². The molecule has 1 fully saturated rings. The summed E-state index contributed by atoms with van der Waals surface area (Å²) in [5.41, 5.74) is 6.49. The zero-order chi connectivity index (χ0) is 23.9. The van der Waals surface area contributed by atoms with E-state index in [4.69, 9.17) is 14.5 Å². The standard InChI is InChI=1S/C22H36N2O.C6H14O/c1-7-16(3)18(5)21-13-20(15-24-9-11-25-12-10-24)14-22(21)23-19(6)17(4)8-2;1-3-5-7-6-4-2/h14,16-17H,5,7-13,15H2,1-4,6H3;3-6H2,1-2H3. The molecular formula is C28H50N2O2. The van der Waals surface area contributed by atoms with Crippen LogP contribution in [0.2, 0.25) is 0 Å². The molecule has 2 aliphatic rings. The molecule has 2 atom stereocenters. The first kappa shape index (κ1) is 28.8. The van der Waals surface area contributed by atoms with Crippen molar-refractivity contribution in [1.82, 2.24) is 4.90 Å². The van der Waals surface area contributed by atoms with Crippen LogP contribution in [0.15, 0.2) is 40.1 Å². The number of aliphatic imine (C=N–C) groups is 1. The first-order chi connectivity index (χ1) is 15.4. The summed E-state index contributed by atoms with van der Waals surface area (Å²) in [5.74, 6) is 1.04. The molecule has 2 unspecified atom stereocenters. The number of allylic oxidation sites excluding steroid dienone is 3. The lowest BCUT2D eigenvalue weighted by molar-refractivity contribution is 0.0421. The molecule has 0 radical (unpaired) electrons. The van der Waals surface area contributed by atoms with Gasteiger partial charge in [0.05, 0.1) is 18.9 Å². The maximum Gasteiger partial charge on any atom is 0.0667 e. The van der Waals surface area contributed by atoms with Crippen LogP contribution in [0.4, 0.5) is 0 Å². The highest BCUT2D eigenvalue weighted by Crippen LogP contribution is 2.35. The topological polar surface area (TPSA) is 34.1 Å². The van der Waals surface area contributed by atoms with E-state index in [1.807, 2.05) is 0 Å². The van der Waals surface area contributed by atoms with Gasteiger partial charge >= 0.3 is 0 Å². The lowest BCUT2D eigenvalue weighted by atomic mass is 9.91. The number of ether oxygens (including phenoxy) is 2. The van der Waals surface area contributed by atoms with Crippen molar-refractivity contribution in [3.05, 3.63) is 35.1 Å². The van der Waals surface area contributed by atoms with Crippen molar-refractivity contribution in [2.45, 2.75) is 80.6 Å². The molecule has 4 nitrogen and oxygen atoms in total. The molecule has 32 heavy (non-hydrogen) atoms. The van der Waals surface area contributed by atoms with Crippen LogP contribution in [0.1, 0.15) is 80.6 Å². The maximum absolute atomic E-state index is 5.47. The third kappa shape index (κ3) is 10.1. The molecule has 0 N–H and O–H groups in total. The molecule has 0 aromatic carbocycles. The van der Waals surface area contributed by atoms with Crippen LogP contribution in [0, 0.1) is 11.8 Å². The molecule has 1 saturated heterocycles. The molecule has 1 aliphatic carbocycles. The molecule has 0 saturated carbocycles. The molecule has 2 rings (SSSR count). The van der Waals surface area contributed by atoms with Gasteiger partial charge in [0.1, 0.15) is 0 Å². The molecule has 4 heteroatoms. The van der Waals surface area contributed by atoms with Crippen molar-refractivity contribution in [3.63, 3.8) is 0 Å². The van der Waals surface area contributed by atoms with Crippen molar-refractivity contribution >= 4 is 5.71 Å². The minimum atomic E-state index is 0.514. The van der Waals surface area contributed by atoms with E-state index >= 15 is 0 Å². The fourth-order valence-corrected chi connectivity index (χ4v) is 3.71. The van der Waals surface area contributed by atoms with Gasteiger partial charge in [-0.25, -0.2) is 0 Å². The van der Waals surface area contributed by atoms with Crippen LogP contribution in [-0.4, -0.2) is 56.7 Å². The lowest BCUT2D eigenvalue weighted by Crippen LogP contribution is -2.37. The summed E-state index contributed by atoms with van der Waals surface area (Å²) in [6.45, 7) is 26.5. The minimum Gasteiger partial charge on any atom is -0.381 e.